The molecule has 1 aromatic carbocycles. The lowest BCUT2D eigenvalue weighted by Crippen LogP contribution is -1.95. The Balaban J connectivity index is 2.08. The molecule has 1 heterocycles. The predicted molar refractivity (Wildman–Crippen MR) is 86.3 cm³/mol. The van der Waals surface area contributed by atoms with Crippen LogP contribution in [0.15, 0.2) is 48.7 Å². The van der Waals surface area contributed by atoms with Crippen LogP contribution in [-0.4, -0.2) is 17.8 Å². The van der Waals surface area contributed by atoms with Gasteiger partial charge in [0.1, 0.15) is 3.70 Å². The van der Waals surface area contributed by atoms with Crippen molar-refractivity contribution in [3.8, 4) is 0 Å². The molecule has 0 spiro atoms. The Morgan fingerprint density at radius 1 is 1.21 bits per heavy atom. The van der Waals surface area contributed by atoms with E-state index in [2.05, 4.69) is 32.9 Å². The second kappa shape index (κ2) is 6.47. The lowest BCUT2D eigenvalue weighted by molar-refractivity contribution is 0.104. The molecule has 1 N–H and O–H groups in total. The van der Waals surface area contributed by atoms with Gasteiger partial charge in [-0.05, 0) is 58.5 Å². The minimum atomic E-state index is -0.0402. The van der Waals surface area contributed by atoms with Crippen molar-refractivity contribution in [1.29, 1.82) is 0 Å². The van der Waals surface area contributed by atoms with Gasteiger partial charge in [0.15, 0.2) is 5.78 Å². The fourth-order valence-electron chi connectivity index (χ4n) is 1.55. The van der Waals surface area contributed by atoms with Crippen molar-refractivity contribution in [2.24, 2.45) is 0 Å². The van der Waals surface area contributed by atoms with Gasteiger partial charge in [-0.25, -0.2) is 4.98 Å². The van der Waals surface area contributed by atoms with Gasteiger partial charge in [-0.1, -0.05) is 18.2 Å². The Morgan fingerprint density at radius 3 is 2.53 bits per heavy atom. The molecular formula is C15H13IN2O. The predicted octanol–water partition coefficient (Wildman–Crippen LogP) is 3.62. The molecule has 19 heavy (non-hydrogen) atoms. The first-order valence-electron chi connectivity index (χ1n) is 5.81. The number of allylic oxidation sites excluding steroid dienone is 1. The van der Waals surface area contributed by atoms with Crippen molar-refractivity contribution in [2.75, 3.05) is 12.4 Å². The summed E-state index contributed by atoms with van der Waals surface area (Å²) in [5.74, 6) is -0.0402. The third-order valence-corrected chi connectivity index (χ3v) is 3.28. The second-order valence-electron chi connectivity index (χ2n) is 3.94. The SMILES string of the molecule is CNc1ccc(/C=C/C(=O)c2ccc(I)nc2)cc1. The lowest BCUT2D eigenvalue weighted by atomic mass is 10.1. The van der Waals surface area contributed by atoms with Crippen LogP contribution in [-0.2, 0) is 0 Å². The molecular weight excluding hydrogens is 351 g/mol. The highest BCUT2D eigenvalue weighted by molar-refractivity contribution is 14.1. The van der Waals surface area contributed by atoms with E-state index in [1.54, 1.807) is 24.4 Å². The molecule has 0 unspecified atom stereocenters. The number of nitrogens with one attached hydrogen (secondary N) is 1. The number of halogens is 1. The lowest BCUT2D eigenvalue weighted by Gasteiger charge is -1.99. The van der Waals surface area contributed by atoms with Crippen LogP contribution in [0.2, 0.25) is 0 Å². The number of pyridine rings is 1. The molecule has 0 saturated carbocycles. The van der Waals surface area contributed by atoms with Gasteiger partial charge in [-0.2, -0.15) is 0 Å². The quantitative estimate of drug-likeness (QED) is 0.390. The number of nitrogens with zero attached hydrogens (tertiary/aromatic N) is 1. The minimum Gasteiger partial charge on any atom is -0.388 e. The first-order chi connectivity index (χ1) is 9.19. The van der Waals surface area contributed by atoms with Gasteiger partial charge in [-0.15, -0.1) is 0 Å². The normalized spacial score (nSPS) is 10.6. The highest BCUT2D eigenvalue weighted by atomic mass is 127. The number of benzene rings is 1. The van der Waals surface area contributed by atoms with Crippen molar-refractivity contribution in [3.05, 3.63) is 63.5 Å². The molecule has 0 aliphatic heterocycles. The molecule has 0 aliphatic rings. The third-order valence-electron chi connectivity index (χ3n) is 2.64. The highest BCUT2D eigenvalue weighted by Gasteiger charge is 2.01. The number of carbonyl (C=O) groups is 1. The average Bonchev–Trinajstić information content (AvgIpc) is 2.46. The number of hydrogen-bond donors (Lipinski definition) is 1. The molecule has 3 nitrogen and oxygen atoms in total. The molecule has 2 rings (SSSR count). The van der Waals surface area contributed by atoms with Crippen LogP contribution in [0.4, 0.5) is 5.69 Å². The van der Waals surface area contributed by atoms with E-state index < -0.39 is 0 Å². The average molecular weight is 364 g/mol. The van der Waals surface area contributed by atoms with E-state index >= 15 is 0 Å². The maximum absolute atomic E-state index is 11.9. The van der Waals surface area contributed by atoms with Crippen molar-refractivity contribution in [1.82, 2.24) is 4.98 Å². The van der Waals surface area contributed by atoms with Crippen molar-refractivity contribution < 1.29 is 4.79 Å². The Labute approximate surface area is 125 Å². The maximum atomic E-state index is 11.9. The van der Waals surface area contributed by atoms with Crippen molar-refractivity contribution >= 4 is 40.1 Å². The van der Waals surface area contributed by atoms with Crippen LogP contribution in [0.5, 0.6) is 0 Å². The molecule has 0 amide bonds. The molecule has 0 saturated heterocycles. The minimum absolute atomic E-state index is 0.0402. The van der Waals surface area contributed by atoms with Gasteiger partial charge in [0.2, 0.25) is 0 Å². The zero-order chi connectivity index (χ0) is 13.7. The molecule has 4 heteroatoms. The standard InChI is InChI=1S/C15H13IN2O/c1-17-13-6-2-11(3-7-13)4-8-14(19)12-5-9-15(16)18-10-12/h2-10,17H,1H3/b8-4+. The summed E-state index contributed by atoms with van der Waals surface area (Å²) in [6, 6.07) is 11.5. The summed E-state index contributed by atoms with van der Waals surface area (Å²) in [5.41, 5.74) is 2.64. The van der Waals surface area contributed by atoms with Gasteiger partial charge in [0.05, 0.1) is 0 Å². The van der Waals surface area contributed by atoms with Gasteiger partial charge in [-0.3, -0.25) is 4.79 Å². The number of aromatic nitrogens is 1. The Morgan fingerprint density at radius 2 is 1.95 bits per heavy atom. The Bertz CT molecular complexity index is 589. The summed E-state index contributed by atoms with van der Waals surface area (Å²) in [4.78, 5) is 16.0. The second-order valence-corrected chi connectivity index (χ2v) is 5.04. The maximum Gasteiger partial charge on any atom is 0.187 e. The van der Waals surface area contributed by atoms with E-state index in [4.69, 9.17) is 0 Å². The zero-order valence-corrected chi connectivity index (χ0v) is 12.6. The largest absolute Gasteiger partial charge is 0.388 e. The van der Waals surface area contributed by atoms with Crippen LogP contribution in [0, 0.1) is 3.70 Å². The van der Waals surface area contributed by atoms with Crippen LogP contribution >= 0.6 is 22.6 Å². The summed E-state index contributed by atoms with van der Waals surface area (Å²) >= 11 is 2.11. The van der Waals surface area contributed by atoms with Gasteiger partial charge in [0.25, 0.3) is 0 Å². The monoisotopic (exact) mass is 364 g/mol. The van der Waals surface area contributed by atoms with Gasteiger partial charge in [0, 0.05) is 24.5 Å². The number of carbonyl (C=O) groups excluding carboxylic acids is 1. The smallest absolute Gasteiger partial charge is 0.187 e. The molecule has 96 valence electrons. The molecule has 1 aromatic heterocycles. The molecule has 0 fully saturated rings. The van der Waals surface area contributed by atoms with E-state index in [0.717, 1.165) is 15.0 Å². The Kier molecular flexibility index (Phi) is 4.68. The molecule has 0 bridgehead atoms. The molecule has 0 radical (unpaired) electrons. The van der Waals surface area contributed by atoms with Crippen LogP contribution in [0.1, 0.15) is 15.9 Å². The molecule has 0 aliphatic carbocycles. The van der Waals surface area contributed by atoms with Crippen LogP contribution < -0.4 is 5.32 Å². The van der Waals surface area contributed by atoms with Gasteiger partial charge >= 0.3 is 0 Å². The summed E-state index contributed by atoms with van der Waals surface area (Å²) in [6.45, 7) is 0. The number of rotatable bonds is 4. The van der Waals surface area contributed by atoms with Crippen LogP contribution in [0.3, 0.4) is 0 Å². The van der Waals surface area contributed by atoms with E-state index in [1.807, 2.05) is 37.4 Å². The third kappa shape index (κ3) is 3.89. The Hall–Kier alpha value is -1.69. The van der Waals surface area contributed by atoms with Crippen molar-refractivity contribution in [2.45, 2.75) is 0 Å². The number of anilines is 1. The topological polar surface area (TPSA) is 42.0 Å². The first kappa shape index (κ1) is 13.7. The summed E-state index contributed by atoms with van der Waals surface area (Å²) < 4.78 is 0.876. The number of hydrogen-bond acceptors (Lipinski definition) is 3. The molecule has 0 atom stereocenters. The van der Waals surface area contributed by atoms with E-state index in [0.29, 0.717) is 5.56 Å². The summed E-state index contributed by atoms with van der Waals surface area (Å²) in [7, 11) is 1.87. The van der Waals surface area contributed by atoms with E-state index in [9.17, 15) is 4.79 Å². The fraction of sp³-hybridized carbons (Fsp3) is 0.0667. The van der Waals surface area contributed by atoms with E-state index in [-0.39, 0.29) is 5.78 Å². The fourth-order valence-corrected chi connectivity index (χ4v) is 1.87. The molecule has 2 aromatic rings. The van der Waals surface area contributed by atoms with Gasteiger partial charge < -0.3 is 5.32 Å². The van der Waals surface area contributed by atoms with Crippen molar-refractivity contribution in [3.63, 3.8) is 0 Å². The summed E-state index contributed by atoms with van der Waals surface area (Å²) in [5, 5.41) is 3.05. The highest BCUT2D eigenvalue weighted by Crippen LogP contribution is 2.11. The number of ketones is 1. The summed E-state index contributed by atoms with van der Waals surface area (Å²) in [6.07, 6.45) is 4.97. The van der Waals surface area contributed by atoms with E-state index in [1.165, 1.54) is 0 Å². The van der Waals surface area contributed by atoms with Crippen LogP contribution in [0.25, 0.3) is 6.08 Å². The first-order valence-corrected chi connectivity index (χ1v) is 6.89. The zero-order valence-electron chi connectivity index (χ0n) is 10.4.